The Morgan fingerprint density at radius 3 is 2.76 bits per heavy atom. The van der Waals surface area contributed by atoms with Crippen LogP contribution >= 0.6 is 11.6 Å². The van der Waals surface area contributed by atoms with Crippen molar-refractivity contribution in [1.82, 2.24) is 10.7 Å². The fraction of sp³-hybridized carbons (Fsp3) is 0.357. The molecule has 21 heavy (non-hydrogen) atoms. The minimum atomic E-state index is -0.820. The molecule has 0 radical (unpaired) electrons. The fourth-order valence-electron chi connectivity index (χ4n) is 1.44. The van der Waals surface area contributed by atoms with E-state index < -0.39 is 11.8 Å². The lowest BCUT2D eigenvalue weighted by molar-refractivity contribution is -0.139. The van der Waals surface area contributed by atoms with Gasteiger partial charge in [0.05, 0.1) is 12.8 Å². The van der Waals surface area contributed by atoms with Crippen molar-refractivity contribution in [2.45, 2.75) is 20.3 Å². The molecule has 114 valence electrons. The quantitative estimate of drug-likeness (QED) is 0.477. The fourth-order valence-corrected chi connectivity index (χ4v) is 1.62. The third kappa shape index (κ3) is 5.83. The van der Waals surface area contributed by atoms with Crippen LogP contribution in [0.4, 0.5) is 0 Å². The van der Waals surface area contributed by atoms with Crippen LogP contribution in [0.1, 0.15) is 25.8 Å². The van der Waals surface area contributed by atoms with Crippen molar-refractivity contribution in [3.8, 4) is 5.75 Å². The maximum absolute atomic E-state index is 11.4. The molecule has 0 aliphatic rings. The van der Waals surface area contributed by atoms with E-state index in [0.717, 1.165) is 6.42 Å². The van der Waals surface area contributed by atoms with Crippen molar-refractivity contribution < 1.29 is 14.3 Å². The van der Waals surface area contributed by atoms with Crippen LogP contribution in [-0.2, 0) is 9.59 Å². The largest absolute Gasteiger partial charge is 0.493 e. The molecule has 0 fully saturated rings. The molecule has 1 aromatic carbocycles. The molecule has 0 aromatic heterocycles. The molecule has 0 aliphatic carbocycles. The van der Waals surface area contributed by atoms with E-state index in [9.17, 15) is 9.59 Å². The maximum atomic E-state index is 11.4. The van der Waals surface area contributed by atoms with Gasteiger partial charge in [0.1, 0.15) is 5.75 Å². The number of hydrazone groups is 1. The molecule has 1 aromatic rings. The first-order valence-corrected chi connectivity index (χ1v) is 6.99. The number of halogens is 1. The minimum absolute atomic E-state index is 0.443. The van der Waals surface area contributed by atoms with Gasteiger partial charge in [0.15, 0.2) is 0 Å². The Morgan fingerprint density at radius 2 is 2.10 bits per heavy atom. The summed E-state index contributed by atoms with van der Waals surface area (Å²) in [5.41, 5.74) is 2.76. The summed E-state index contributed by atoms with van der Waals surface area (Å²) in [6, 6.07) is 5.06. The number of benzene rings is 1. The standard InChI is InChI=1S/C14H18ClN3O3/c1-3-7-16-13(19)14(20)18-17-9-10-8-11(15)5-6-12(10)21-4-2/h5-6,8-9H,3-4,7H2,1-2H3,(H,16,19)(H,18,20)/b17-9-. The van der Waals surface area contributed by atoms with E-state index in [1.165, 1.54) is 6.21 Å². The molecule has 0 saturated heterocycles. The molecule has 0 bridgehead atoms. The highest BCUT2D eigenvalue weighted by atomic mass is 35.5. The summed E-state index contributed by atoms with van der Waals surface area (Å²) < 4.78 is 5.41. The highest BCUT2D eigenvalue weighted by Crippen LogP contribution is 2.21. The molecular formula is C14H18ClN3O3. The van der Waals surface area contributed by atoms with E-state index in [0.29, 0.717) is 29.5 Å². The summed E-state index contributed by atoms with van der Waals surface area (Å²) >= 11 is 5.90. The van der Waals surface area contributed by atoms with Crippen LogP contribution in [0.2, 0.25) is 5.02 Å². The SMILES string of the molecule is CCCNC(=O)C(=O)N/N=C\c1cc(Cl)ccc1OCC. The van der Waals surface area contributed by atoms with Gasteiger partial charge in [0.25, 0.3) is 0 Å². The van der Waals surface area contributed by atoms with Gasteiger partial charge in [-0.1, -0.05) is 18.5 Å². The molecule has 0 saturated carbocycles. The average Bonchev–Trinajstić information content (AvgIpc) is 2.47. The molecule has 6 nitrogen and oxygen atoms in total. The highest BCUT2D eigenvalue weighted by molar-refractivity contribution is 6.35. The van der Waals surface area contributed by atoms with Gasteiger partial charge in [0, 0.05) is 17.1 Å². The normalized spacial score (nSPS) is 10.4. The zero-order chi connectivity index (χ0) is 15.7. The number of nitrogens with one attached hydrogen (secondary N) is 2. The summed E-state index contributed by atoms with van der Waals surface area (Å²) in [7, 11) is 0. The van der Waals surface area contributed by atoms with Crippen LogP contribution in [0, 0.1) is 0 Å². The Balaban J connectivity index is 2.66. The van der Waals surface area contributed by atoms with E-state index in [1.807, 2.05) is 13.8 Å². The van der Waals surface area contributed by atoms with Gasteiger partial charge < -0.3 is 10.1 Å². The third-order valence-electron chi connectivity index (χ3n) is 2.38. The van der Waals surface area contributed by atoms with Gasteiger partial charge in [-0.3, -0.25) is 9.59 Å². The second-order valence-electron chi connectivity index (χ2n) is 4.07. The van der Waals surface area contributed by atoms with Crippen molar-refractivity contribution in [3.05, 3.63) is 28.8 Å². The second-order valence-corrected chi connectivity index (χ2v) is 4.51. The topological polar surface area (TPSA) is 79.8 Å². The number of carbonyl (C=O) groups excluding carboxylic acids is 2. The number of ether oxygens (including phenoxy) is 1. The van der Waals surface area contributed by atoms with Crippen LogP contribution < -0.4 is 15.5 Å². The van der Waals surface area contributed by atoms with E-state index in [-0.39, 0.29) is 0 Å². The number of hydrogen-bond donors (Lipinski definition) is 2. The van der Waals surface area contributed by atoms with Crippen LogP contribution in [0.5, 0.6) is 5.75 Å². The Bertz CT molecular complexity index is 532. The molecule has 0 aliphatic heterocycles. The highest BCUT2D eigenvalue weighted by Gasteiger charge is 2.11. The van der Waals surface area contributed by atoms with Crippen molar-refractivity contribution in [2.24, 2.45) is 5.10 Å². The van der Waals surface area contributed by atoms with Gasteiger partial charge in [0.2, 0.25) is 0 Å². The van der Waals surface area contributed by atoms with Crippen molar-refractivity contribution in [2.75, 3.05) is 13.2 Å². The zero-order valence-corrected chi connectivity index (χ0v) is 12.7. The summed E-state index contributed by atoms with van der Waals surface area (Å²) in [6.45, 7) is 4.69. The Hall–Kier alpha value is -2.08. The summed E-state index contributed by atoms with van der Waals surface area (Å²) in [6.07, 6.45) is 2.13. The first kappa shape index (κ1) is 17.0. The van der Waals surface area contributed by atoms with Gasteiger partial charge in [-0.25, -0.2) is 5.43 Å². The molecule has 2 amide bonds. The Kier molecular flexibility index (Phi) is 7.25. The smallest absolute Gasteiger partial charge is 0.329 e. The molecule has 2 N–H and O–H groups in total. The van der Waals surface area contributed by atoms with Crippen molar-refractivity contribution in [1.29, 1.82) is 0 Å². The van der Waals surface area contributed by atoms with Crippen LogP contribution in [0.15, 0.2) is 23.3 Å². The van der Waals surface area contributed by atoms with Crippen LogP contribution in [0.25, 0.3) is 0 Å². The van der Waals surface area contributed by atoms with Crippen LogP contribution in [-0.4, -0.2) is 31.2 Å². The third-order valence-corrected chi connectivity index (χ3v) is 2.62. The molecule has 0 unspecified atom stereocenters. The van der Waals surface area contributed by atoms with Crippen LogP contribution in [0.3, 0.4) is 0 Å². The second kappa shape index (κ2) is 8.97. The first-order chi connectivity index (χ1) is 10.1. The minimum Gasteiger partial charge on any atom is -0.493 e. The maximum Gasteiger partial charge on any atom is 0.329 e. The molecule has 0 heterocycles. The summed E-state index contributed by atoms with van der Waals surface area (Å²) in [5.74, 6) is -0.944. The number of rotatable bonds is 6. The number of nitrogens with zero attached hydrogens (tertiary/aromatic N) is 1. The summed E-state index contributed by atoms with van der Waals surface area (Å²) in [5, 5.41) is 6.70. The number of carbonyl (C=O) groups is 2. The van der Waals surface area contributed by atoms with Gasteiger partial charge in [-0.05, 0) is 31.5 Å². The van der Waals surface area contributed by atoms with E-state index in [2.05, 4.69) is 15.8 Å². The monoisotopic (exact) mass is 311 g/mol. The van der Waals surface area contributed by atoms with Gasteiger partial charge >= 0.3 is 11.8 Å². The molecule has 0 spiro atoms. The Labute approximate surface area is 128 Å². The lowest BCUT2D eigenvalue weighted by atomic mass is 10.2. The van der Waals surface area contributed by atoms with E-state index in [4.69, 9.17) is 16.3 Å². The average molecular weight is 312 g/mol. The predicted octanol–water partition coefficient (Wildman–Crippen LogP) is 1.72. The molecule has 0 atom stereocenters. The van der Waals surface area contributed by atoms with Gasteiger partial charge in [-0.2, -0.15) is 5.10 Å². The molecular weight excluding hydrogens is 294 g/mol. The number of amides is 2. The van der Waals surface area contributed by atoms with Crippen molar-refractivity contribution in [3.63, 3.8) is 0 Å². The van der Waals surface area contributed by atoms with E-state index in [1.54, 1.807) is 18.2 Å². The molecule has 7 heteroatoms. The molecule has 1 rings (SSSR count). The van der Waals surface area contributed by atoms with Gasteiger partial charge in [-0.15, -0.1) is 0 Å². The Morgan fingerprint density at radius 1 is 1.33 bits per heavy atom. The predicted molar refractivity (Wildman–Crippen MR) is 81.7 cm³/mol. The van der Waals surface area contributed by atoms with E-state index >= 15 is 0 Å². The number of hydrogen-bond acceptors (Lipinski definition) is 4. The first-order valence-electron chi connectivity index (χ1n) is 6.62. The summed E-state index contributed by atoms with van der Waals surface area (Å²) in [4.78, 5) is 22.7. The van der Waals surface area contributed by atoms with Crippen molar-refractivity contribution >= 4 is 29.6 Å². The lowest BCUT2D eigenvalue weighted by Crippen LogP contribution is -2.38. The lowest BCUT2D eigenvalue weighted by Gasteiger charge is -2.07. The zero-order valence-electron chi connectivity index (χ0n) is 12.0.